The molecule has 162 valence electrons. The lowest BCUT2D eigenvalue weighted by Crippen LogP contribution is -2.45. The van der Waals surface area contributed by atoms with Gasteiger partial charge in [0.05, 0.1) is 18.4 Å². The van der Waals surface area contributed by atoms with Crippen LogP contribution in [-0.4, -0.2) is 70.7 Å². The van der Waals surface area contributed by atoms with Crippen LogP contribution in [0.5, 0.6) is 11.5 Å². The number of halogens is 1. The molecule has 1 aliphatic rings. The van der Waals surface area contributed by atoms with E-state index in [0.717, 1.165) is 44.8 Å². The fourth-order valence-corrected chi connectivity index (χ4v) is 3.43. The average Bonchev–Trinajstić information content (AvgIpc) is 3.25. The van der Waals surface area contributed by atoms with E-state index in [1.54, 1.807) is 30.6 Å². The summed E-state index contributed by atoms with van der Waals surface area (Å²) in [6, 6.07) is 7.66. The Balaban J connectivity index is 1.40. The van der Waals surface area contributed by atoms with Crippen molar-refractivity contribution >= 4 is 12.1 Å². The van der Waals surface area contributed by atoms with Crippen LogP contribution in [0.15, 0.2) is 48.9 Å². The number of anilines is 1. The van der Waals surface area contributed by atoms with Crippen molar-refractivity contribution in [1.82, 2.24) is 24.6 Å². The van der Waals surface area contributed by atoms with E-state index in [1.165, 1.54) is 12.1 Å². The number of hydrogen-bond donors (Lipinski definition) is 1. The highest BCUT2D eigenvalue weighted by Gasteiger charge is 2.14. The average molecular weight is 424 g/mol. The minimum absolute atomic E-state index is 0.0662. The molecule has 2 aromatic heterocycles. The number of pyridine rings is 1. The first-order valence-electron chi connectivity index (χ1n) is 10.2. The van der Waals surface area contributed by atoms with Crippen LogP contribution in [0.3, 0.4) is 0 Å². The maximum atomic E-state index is 14.2. The van der Waals surface area contributed by atoms with E-state index in [-0.39, 0.29) is 5.75 Å². The van der Waals surface area contributed by atoms with Crippen molar-refractivity contribution in [2.24, 2.45) is 0 Å². The number of hydrogen-bond acceptors (Lipinski definition) is 6. The Hall–Kier alpha value is -3.30. The maximum Gasteiger partial charge on any atom is 0.211 e. The predicted octanol–water partition coefficient (Wildman–Crippen LogP) is 2.69. The molecule has 8 nitrogen and oxygen atoms in total. The zero-order valence-electron chi connectivity index (χ0n) is 17.4. The second-order valence-corrected chi connectivity index (χ2v) is 7.52. The van der Waals surface area contributed by atoms with Gasteiger partial charge in [-0.1, -0.05) is 0 Å². The maximum absolute atomic E-state index is 14.2. The molecule has 3 heterocycles. The van der Waals surface area contributed by atoms with Gasteiger partial charge < -0.3 is 15.0 Å². The number of nitrogens with one attached hydrogen (secondary N) is 1. The molecule has 1 aromatic carbocycles. The normalized spacial score (nSPS) is 15.0. The molecule has 0 atom stereocenters. The third-order valence-corrected chi connectivity index (χ3v) is 5.29. The molecule has 1 fully saturated rings. The van der Waals surface area contributed by atoms with Crippen LogP contribution in [0.4, 0.5) is 10.1 Å². The van der Waals surface area contributed by atoms with E-state index in [2.05, 4.69) is 32.2 Å². The molecule has 0 saturated carbocycles. The summed E-state index contributed by atoms with van der Waals surface area (Å²) < 4.78 is 21.8. The summed E-state index contributed by atoms with van der Waals surface area (Å²) in [7, 11) is 2.15. The number of ether oxygens (including phenoxy) is 1. The van der Waals surface area contributed by atoms with E-state index >= 15 is 0 Å². The molecule has 1 saturated heterocycles. The van der Waals surface area contributed by atoms with E-state index in [0.29, 0.717) is 23.5 Å². The number of aromatic nitrogens is 3. The molecule has 0 bridgehead atoms. The molecule has 31 heavy (non-hydrogen) atoms. The molecular formula is C22H25FN6O2. The third-order valence-electron chi connectivity index (χ3n) is 5.29. The Morgan fingerprint density at radius 2 is 2.00 bits per heavy atom. The first kappa shape index (κ1) is 21.0. The molecule has 3 aromatic rings. The molecule has 0 spiro atoms. The van der Waals surface area contributed by atoms with E-state index in [4.69, 9.17) is 4.74 Å². The Bertz CT molecular complexity index is 1030. The lowest BCUT2D eigenvalue weighted by atomic mass is 10.2. The Kier molecular flexibility index (Phi) is 6.54. The van der Waals surface area contributed by atoms with Crippen LogP contribution < -0.4 is 10.1 Å². The summed E-state index contributed by atoms with van der Waals surface area (Å²) in [6.07, 6.45) is 5.85. The molecule has 0 radical (unpaired) electrons. The molecule has 9 heteroatoms. The van der Waals surface area contributed by atoms with E-state index in [1.807, 2.05) is 10.9 Å². The number of carbonyl (C=O) groups is 1. The quantitative estimate of drug-likeness (QED) is 0.561. The molecular weight excluding hydrogens is 399 g/mol. The van der Waals surface area contributed by atoms with Crippen molar-refractivity contribution < 1.29 is 13.9 Å². The molecule has 4 rings (SSSR count). The van der Waals surface area contributed by atoms with Gasteiger partial charge in [-0.25, -0.2) is 4.39 Å². The van der Waals surface area contributed by atoms with Gasteiger partial charge in [0.25, 0.3) is 0 Å². The summed E-state index contributed by atoms with van der Waals surface area (Å²) in [5.74, 6) is -0.0383. The number of piperazine rings is 1. The van der Waals surface area contributed by atoms with E-state index in [9.17, 15) is 9.18 Å². The van der Waals surface area contributed by atoms with Gasteiger partial charge in [0.2, 0.25) is 6.41 Å². The fraction of sp³-hybridized carbons (Fsp3) is 0.318. The van der Waals surface area contributed by atoms with Crippen molar-refractivity contribution in [3.05, 3.63) is 54.7 Å². The number of carbonyl (C=O) groups excluding carboxylic acids is 1. The second-order valence-electron chi connectivity index (χ2n) is 7.52. The largest absolute Gasteiger partial charge is 0.454 e. The highest BCUT2D eigenvalue weighted by atomic mass is 19.1. The van der Waals surface area contributed by atoms with Crippen molar-refractivity contribution in [1.29, 1.82) is 0 Å². The fourth-order valence-electron chi connectivity index (χ4n) is 3.43. The monoisotopic (exact) mass is 424 g/mol. The lowest BCUT2D eigenvalue weighted by Gasteiger charge is -2.32. The SMILES string of the molecule is CN1CCN(CCn2cc(-c3cc(Oc4ccc(NC=O)cc4F)ccn3)cn2)CC1. The minimum atomic E-state index is -0.568. The minimum Gasteiger partial charge on any atom is -0.454 e. The van der Waals surface area contributed by atoms with Crippen LogP contribution in [0.2, 0.25) is 0 Å². The van der Waals surface area contributed by atoms with Crippen molar-refractivity contribution in [2.75, 3.05) is 45.1 Å². The highest BCUT2D eigenvalue weighted by Crippen LogP contribution is 2.28. The number of amides is 1. The predicted molar refractivity (Wildman–Crippen MR) is 116 cm³/mol. The zero-order valence-corrected chi connectivity index (χ0v) is 17.4. The summed E-state index contributed by atoms with van der Waals surface area (Å²) in [5.41, 5.74) is 1.93. The molecule has 1 N–H and O–H groups in total. The Labute approximate surface area is 180 Å². The number of rotatable bonds is 8. The topological polar surface area (TPSA) is 75.5 Å². The second kappa shape index (κ2) is 9.67. The van der Waals surface area contributed by atoms with Crippen LogP contribution in [-0.2, 0) is 11.3 Å². The van der Waals surface area contributed by atoms with Crippen molar-refractivity contribution in [3.8, 4) is 22.8 Å². The van der Waals surface area contributed by atoms with Gasteiger partial charge in [-0.3, -0.25) is 19.4 Å². The van der Waals surface area contributed by atoms with Crippen LogP contribution in [0.25, 0.3) is 11.3 Å². The van der Waals surface area contributed by atoms with Gasteiger partial charge in [0.15, 0.2) is 11.6 Å². The summed E-state index contributed by atoms with van der Waals surface area (Å²) in [5, 5.41) is 6.86. The van der Waals surface area contributed by atoms with Crippen LogP contribution >= 0.6 is 0 Å². The van der Waals surface area contributed by atoms with Crippen LogP contribution in [0, 0.1) is 5.82 Å². The molecule has 0 unspecified atom stereocenters. The van der Waals surface area contributed by atoms with Crippen LogP contribution in [0.1, 0.15) is 0 Å². The van der Waals surface area contributed by atoms with Gasteiger partial charge in [-0.2, -0.15) is 5.10 Å². The molecule has 1 amide bonds. The lowest BCUT2D eigenvalue weighted by molar-refractivity contribution is -0.105. The van der Waals surface area contributed by atoms with E-state index < -0.39 is 5.82 Å². The van der Waals surface area contributed by atoms with Crippen molar-refractivity contribution in [2.45, 2.75) is 6.54 Å². The molecule has 1 aliphatic heterocycles. The Morgan fingerprint density at radius 3 is 2.77 bits per heavy atom. The standard InChI is InChI=1S/C22H25FN6O2/c1-27-6-8-28(9-7-27)10-11-29-15-17(14-26-29)21-13-19(4-5-24-21)31-22-3-2-18(25-16-30)12-20(22)23/h2-5,12-16H,6-11H2,1H3,(H,25,30). The van der Waals surface area contributed by atoms with Gasteiger partial charge in [0.1, 0.15) is 5.75 Å². The van der Waals surface area contributed by atoms with Gasteiger partial charge in [0, 0.05) is 68.5 Å². The number of likely N-dealkylation sites (N-methyl/N-ethyl adjacent to an activating group) is 1. The van der Waals surface area contributed by atoms with Crippen molar-refractivity contribution in [3.63, 3.8) is 0 Å². The summed E-state index contributed by atoms with van der Waals surface area (Å²) in [4.78, 5) is 19.7. The number of nitrogens with zero attached hydrogens (tertiary/aromatic N) is 5. The molecule has 0 aliphatic carbocycles. The van der Waals surface area contributed by atoms with Gasteiger partial charge in [-0.15, -0.1) is 0 Å². The summed E-state index contributed by atoms with van der Waals surface area (Å²) in [6.45, 7) is 6.12. The Morgan fingerprint density at radius 1 is 1.16 bits per heavy atom. The first-order chi connectivity index (χ1) is 15.1. The first-order valence-corrected chi connectivity index (χ1v) is 10.2. The summed E-state index contributed by atoms with van der Waals surface area (Å²) >= 11 is 0. The smallest absolute Gasteiger partial charge is 0.211 e. The van der Waals surface area contributed by atoms with Gasteiger partial charge in [-0.05, 0) is 25.2 Å². The third kappa shape index (κ3) is 5.44. The van der Waals surface area contributed by atoms with Gasteiger partial charge >= 0.3 is 0 Å². The number of benzene rings is 1. The zero-order chi connectivity index (χ0) is 21.6. The highest BCUT2D eigenvalue weighted by molar-refractivity contribution is 5.71.